The minimum Gasteiger partial charge on any atom is -0.258 e. The Morgan fingerprint density at radius 3 is 2.19 bits per heavy atom. The van der Waals surface area contributed by atoms with Crippen LogP contribution in [0.3, 0.4) is 0 Å². The number of hydrogen-bond acceptors (Lipinski definition) is 4. The fourth-order valence-electron chi connectivity index (χ4n) is 0.599. The van der Waals surface area contributed by atoms with Crippen molar-refractivity contribution in [2.75, 3.05) is 0 Å². The van der Waals surface area contributed by atoms with Crippen LogP contribution in [0.1, 0.15) is 6.92 Å². The number of benzene rings is 1. The first-order valence-corrected chi connectivity index (χ1v) is 3.77. The van der Waals surface area contributed by atoms with Crippen molar-refractivity contribution in [1.82, 2.24) is 0 Å². The van der Waals surface area contributed by atoms with E-state index in [1.807, 2.05) is 0 Å². The summed E-state index contributed by atoms with van der Waals surface area (Å²) in [6.07, 6.45) is 0. The van der Waals surface area contributed by atoms with Gasteiger partial charge in [-0.15, -0.1) is 0 Å². The molecular weight excluding hydrogens is 231 g/mol. The maximum absolute atomic E-state index is 12.3. The second-order valence-electron chi connectivity index (χ2n) is 2.42. The van der Waals surface area contributed by atoms with E-state index in [1.54, 1.807) is 0 Å². The molecule has 8 heteroatoms. The Balaban J connectivity index is 0.000000385. The molecule has 0 fully saturated rings. The molecule has 0 atom stereocenters. The predicted molar refractivity (Wildman–Crippen MR) is 45.9 cm³/mol. The van der Waals surface area contributed by atoms with Gasteiger partial charge in [0.2, 0.25) is 0 Å². The summed E-state index contributed by atoms with van der Waals surface area (Å²) >= 11 is 0. The van der Waals surface area contributed by atoms with Crippen molar-refractivity contribution in [2.24, 2.45) is 0 Å². The summed E-state index contributed by atoms with van der Waals surface area (Å²) in [6.45, 7) is 0.986. The van der Waals surface area contributed by atoms with E-state index < -0.39 is 28.2 Å². The second-order valence-corrected chi connectivity index (χ2v) is 2.42. The molecule has 0 amide bonds. The number of halogens is 3. The maximum atomic E-state index is 12.3. The normalized spacial score (nSPS) is 8.75. The topological polar surface area (TPSA) is 69.4 Å². The fraction of sp³-hybridized carbons (Fsp3) is 0.125. The highest BCUT2D eigenvalue weighted by atomic mass is 19.3. The Morgan fingerprint density at radius 2 is 1.88 bits per heavy atom. The third-order valence-electron chi connectivity index (χ3n) is 1.22. The van der Waals surface area contributed by atoms with Crippen molar-refractivity contribution in [2.45, 2.75) is 6.92 Å². The van der Waals surface area contributed by atoms with Crippen molar-refractivity contribution in [3.05, 3.63) is 39.9 Å². The summed E-state index contributed by atoms with van der Waals surface area (Å²) in [5.74, 6) is -3.21. The summed E-state index contributed by atoms with van der Waals surface area (Å²) in [5.41, 5.74) is -0.455. The van der Waals surface area contributed by atoms with Crippen molar-refractivity contribution >= 4 is 11.7 Å². The number of non-ortho nitro benzene ring substituents is 1. The molecule has 0 aliphatic heterocycles. The monoisotopic (exact) mass is 237 g/mol. The van der Waals surface area contributed by atoms with Crippen molar-refractivity contribution < 1.29 is 28.0 Å². The van der Waals surface area contributed by atoms with E-state index in [2.05, 4.69) is 4.94 Å². The molecule has 0 saturated heterocycles. The minimum atomic E-state index is -1.21. The number of nitrogens with zero attached hydrogens (tertiary/aromatic N) is 1. The third kappa shape index (κ3) is 4.94. The van der Waals surface area contributed by atoms with E-state index in [1.165, 1.54) is 0 Å². The van der Waals surface area contributed by atoms with Crippen molar-refractivity contribution in [3.8, 4) is 0 Å². The Labute approximate surface area is 87.5 Å². The molecule has 0 aliphatic rings. The summed E-state index contributed by atoms with van der Waals surface area (Å²) in [4.78, 5) is 21.0. The van der Waals surface area contributed by atoms with Gasteiger partial charge in [-0.25, -0.2) is 13.6 Å². The Morgan fingerprint density at radius 1 is 1.38 bits per heavy atom. The van der Waals surface area contributed by atoms with Gasteiger partial charge in [0.15, 0.2) is 11.6 Å². The molecule has 0 saturated carbocycles. The van der Waals surface area contributed by atoms with Gasteiger partial charge in [-0.1, -0.05) is 0 Å². The van der Waals surface area contributed by atoms with E-state index in [0.29, 0.717) is 12.1 Å². The third-order valence-corrected chi connectivity index (χ3v) is 1.22. The second kappa shape index (κ2) is 6.38. The fourth-order valence-corrected chi connectivity index (χ4v) is 0.599. The van der Waals surface area contributed by atoms with Crippen LogP contribution in [0.2, 0.25) is 0 Å². The first-order valence-electron chi connectivity index (χ1n) is 3.77. The van der Waals surface area contributed by atoms with Crippen LogP contribution in [0.25, 0.3) is 0 Å². The molecule has 1 aromatic rings. The highest BCUT2D eigenvalue weighted by Crippen LogP contribution is 2.14. The van der Waals surface area contributed by atoms with Gasteiger partial charge in [-0.05, 0) is 6.07 Å². The first kappa shape index (κ1) is 13.9. The van der Waals surface area contributed by atoms with Gasteiger partial charge in [-0.3, -0.25) is 15.1 Å². The molecule has 1 rings (SSSR count). The van der Waals surface area contributed by atoms with E-state index in [4.69, 9.17) is 0 Å². The summed E-state index contributed by atoms with van der Waals surface area (Å²) in [7, 11) is 0. The molecule has 0 spiro atoms. The van der Waals surface area contributed by atoms with Crippen LogP contribution in [-0.4, -0.2) is 10.9 Å². The number of carbonyl (C=O) groups is 1. The number of nitro benzene ring substituents is 1. The first-order chi connectivity index (χ1) is 7.38. The van der Waals surface area contributed by atoms with Crippen molar-refractivity contribution in [3.63, 3.8) is 0 Å². The molecule has 0 aromatic heterocycles. The number of nitro groups is 1. The SMILES string of the molecule is CC(=O)OF.O=[N+]([O-])c1ccc(F)c(F)c1. The predicted octanol–water partition coefficient (Wildman–Crippen LogP) is 2.31. The highest BCUT2D eigenvalue weighted by Gasteiger charge is 2.09. The lowest BCUT2D eigenvalue weighted by molar-refractivity contribution is -0.385. The van der Waals surface area contributed by atoms with Gasteiger partial charge in [0.05, 0.1) is 11.0 Å². The zero-order valence-corrected chi connectivity index (χ0v) is 7.95. The molecule has 88 valence electrons. The van der Waals surface area contributed by atoms with Crippen LogP contribution < -0.4 is 0 Å². The van der Waals surface area contributed by atoms with Crippen LogP contribution in [0, 0.1) is 21.7 Å². The largest absolute Gasteiger partial charge is 0.345 e. The minimum absolute atomic E-state index is 0.455. The van der Waals surface area contributed by atoms with Crippen LogP contribution in [-0.2, 0) is 9.74 Å². The van der Waals surface area contributed by atoms with Gasteiger partial charge in [0, 0.05) is 17.5 Å². The molecule has 0 unspecified atom stereocenters. The van der Waals surface area contributed by atoms with Crippen LogP contribution in [0.4, 0.5) is 19.0 Å². The average Bonchev–Trinajstić information content (AvgIpc) is 2.22. The summed E-state index contributed by atoms with van der Waals surface area (Å²) in [6, 6.07) is 2.15. The van der Waals surface area contributed by atoms with Crippen molar-refractivity contribution in [1.29, 1.82) is 0 Å². The zero-order valence-electron chi connectivity index (χ0n) is 7.95. The van der Waals surface area contributed by atoms with Gasteiger partial charge in [0.1, 0.15) is 0 Å². The average molecular weight is 237 g/mol. The van der Waals surface area contributed by atoms with Gasteiger partial charge in [0.25, 0.3) is 5.69 Å². The lowest BCUT2D eigenvalue weighted by atomic mass is 10.3. The van der Waals surface area contributed by atoms with E-state index in [0.717, 1.165) is 13.0 Å². The van der Waals surface area contributed by atoms with Crippen LogP contribution >= 0.6 is 0 Å². The molecule has 0 N–H and O–H groups in total. The molecular formula is C8H6F3NO4. The van der Waals surface area contributed by atoms with E-state index >= 15 is 0 Å². The zero-order chi connectivity index (χ0) is 12.7. The molecule has 0 radical (unpaired) electrons. The number of hydrogen-bond donors (Lipinski definition) is 0. The highest BCUT2D eigenvalue weighted by molar-refractivity contribution is 5.64. The lowest BCUT2D eigenvalue weighted by Crippen LogP contribution is -1.90. The molecule has 1 aromatic carbocycles. The Bertz CT molecular complexity index is 397. The molecule has 5 nitrogen and oxygen atoms in total. The van der Waals surface area contributed by atoms with Gasteiger partial charge < -0.3 is 0 Å². The Kier molecular flexibility index (Phi) is 5.53. The maximum Gasteiger partial charge on any atom is 0.345 e. The molecule has 0 heterocycles. The van der Waals surface area contributed by atoms with Gasteiger partial charge >= 0.3 is 5.97 Å². The molecule has 0 aliphatic carbocycles. The summed E-state index contributed by atoms with van der Waals surface area (Å²) < 4.78 is 34.7. The quantitative estimate of drug-likeness (QED) is 0.555. The standard InChI is InChI=1S/C6H3F2NO2.C2H3FO2/c7-5-2-1-4(9(10)11)3-6(5)8;1-2(4)5-3/h1-3H;1H3. The molecule has 16 heavy (non-hydrogen) atoms. The Hall–Kier alpha value is -2.12. The van der Waals surface area contributed by atoms with E-state index in [9.17, 15) is 28.2 Å². The number of carbonyl (C=O) groups excluding carboxylic acids is 1. The smallest absolute Gasteiger partial charge is 0.258 e. The number of rotatable bonds is 1. The van der Waals surface area contributed by atoms with E-state index in [-0.39, 0.29) is 0 Å². The van der Waals surface area contributed by atoms with Crippen LogP contribution in [0.5, 0.6) is 0 Å². The summed E-state index contributed by atoms with van der Waals surface area (Å²) in [5, 5.41) is 9.98. The van der Waals surface area contributed by atoms with Gasteiger partial charge in [-0.2, -0.15) is 0 Å². The lowest BCUT2D eigenvalue weighted by Gasteiger charge is -1.91. The van der Waals surface area contributed by atoms with Crippen LogP contribution in [0.15, 0.2) is 18.2 Å². The molecule has 0 bridgehead atoms.